The minimum Gasteiger partial charge on any atom is -0.366 e. The molecule has 3 rings (SSSR count). The van der Waals surface area contributed by atoms with E-state index in [-0.39, 0.29) is 0 Å². The Morgan fingerprint density at radius 2 is 0.757 bits per heavy atom. The van der Waals surface area contributed by atoms with Crippen LogP contribution in [0.25, 0.3) is 0 Å². The Morgan fingerprint density at radius 1 is 0.486 bits per heavy atom. The highest BCUT2D eigenvalue weighted by Gasteiger charge is 2.18. The molecule has 0 saturated carbocycles. The topological polar surface area (TPSA) is 46.8 Å². The average molecular weight is 515 g/mol. The SMILES string of the molecule is C/C(=N/c1cccc(P(c2cccc(/N=C(/C)N(C)C)c2)c2cccc(/N=C(/C)N(C)C)c2)c1)N(C)C. The smallest absolute Gasteiger partial charge is 0.101 e. The van der Waals surface area contributed by atoms with Crippen LogP contribution in [-0.4, -0.2) is 74.5 Å². The van der Waals surface area contributed by atoms with Gasteiger partial charge in [-0.15, -0.1) is 0 Å². The van der Waals surface area contributed by atoms with E-state index in [1.165, 1.54) is 15.9 Å². The summed E-state index contributed by atoms with van der Waals surface area (Å²) in [5.74, 6) is 2.90. The zero-order chi connectivity index (χ0) is 27.1. The summed E-state index contributed by atoms with van der Waals surface area (Å²) in [5, 5.41) is 3.70. The van der Waals surface area contributed by atoms with E-state index >= 15 is 0 Å². The average Bonchev–Trinajstić information content (AvgIpc) is 2.84. The number of benzene rings is 3. The Labute approximate surface area is 223 Å². The van der Waals surface area contributed by atoms with Crippen molar-refractivity contribution in [3.05, 3.63) is 72.8 Å². The summed E-state index contributed by atoms with van der Waals surface area (Å²) in [7, 11) is 11.2. The lowest BCUT2D eigenvalue weighted by molar-refractivity contribution is 0.619. The van der Waals surface area contributed by atoms with Crippen molar-refractivity contribution in [3.8, 4) is 0 Å². The number of hydrogen-bond donors (Lipinski definition) is 0. The van der Waals surface area contributed by atoms with E-state index in [0.29, 0.717) is 0 Å². The van der Waals surface area contributed by atoms with Gasteiger partial charge >= 0.3 is 0 Å². The summed E-state index contributed by atoms with van der Waals surface area (Å²) in [6, 6.07) is 25.7. The van der Waals surface area contributed by atoms with Gasteiger partial charge in [0.1, 0.15) is 17.5 Å². The predicted octanol–water partition coefficient (Wildman–Crippen LogP) is 5.28. The zero-order valence-electron chi connectivity index (χ0n) is 23.6. The van der Waals surface area contributed by atoms with Crippen LogP contribution in [0, 0.1) is 0 Å². The molecular weight excluding hydrogens is 475 g/mol. The van der Waals surface area contributed by atoms with Crippen LogP contribution in [0.5, 0.6) is 0 Å². The summed E-state index contributed by atoms with van der Waals surface area (Å²) in [5.41, 5.74) is 2.85. The molecule has 194 valence electrons. The Balaban J connectivity index is 2.19. The fourth-order valence-corrected chi connectivity index (χ4v) is 5.80. The molecule has 0 aromatic heterocycles. The van der Waals surface area contributed by atoms with Crippen molar-refractivity contribution < 1.29 is 0 Å². The molecule has 0 spiro atoms. The highest BCUT2D eigenvalue weighted by atomic mass is 31.1. The first-order valence-electron chi connectivity index (χ1n) is 12.3. The van der Waals surface area contributed by atoms with Gasteiger partial charge in [0, 0.05) is 42.3 Å². The maximum Gasteiger partial charge on any atom is 0.101 e. The van der Waals surface area contributed by atoms with Gasteiger partial charge in [-0.25, -0.2) is 15.0 Å². The van der Waals surface area contributed by atoms with Crippen LogP contribution >= 0.6 is 7.92 Å². The highest BCUT2D eigenvalue weighted by Crippen LogP contribution is 2.36. The van der Waals surface area contributed by atoms with Gasteiger partial charge in [0.15, 0.2) is 0 Å². The first-order valence-corrected chi connectivity index (χ1v) is 13.7. The first-order chi connectivity index (χ1) is 17.5. The van der Waals surface area contributed by atoms with Crippen LogP contribution in [0.15, 0.2) is 87.8 Å². The second kappa shape index (κ2) is 12.6. The minimum atomic E-state index is -0.864. The second-order valence-corrected chi connectivity index (χ2v) is 11.8. The van der Waals surface area contributed by atoms with E-state index in [2.05, 4.69) is 72.8 Å². The minimum absolute atomic E-state index is 0.864. The normalized spacial score (nSPS) is 12.6. The number of nitrogens with zero attached hydrogens (tertiary/aromatic N) is 6. The van der Waals surface area contributed by atoms with Gasteiger partial charge in [0.05, 0.1) is 17.1 Å². The number of hydrogen-bond acceptors (Lipinski definition) is 3. The van der Waals surface area contributed by atoms with Crippen molar-refractivity contribution in [3.63, 3.8) is 0 Å². The zero-order valence-corrected chi connectivity index (χ0v) is 24.5. The number of aliphatic imine (C=N–C) groups is 3. The highest BCUT2D eigenvalue weighted by molar-refractivity contribution is 7.79. The molecule has 3 aromatic rings. The van der Waals surface area contributed by atoms with E-state index in [1.807, 2.05) is 77.8 Å². The van der Waals surface area contributed by atoms with Crippen LogP contribution < -0.4 is 15.9 Å². The van der Waals surface area contributed by atoms with Gasteiger partial charge in [-0.2, -0.15) is 0 Å². The largest absolute Gasteiger partial charge is 0.366 e. The van der Waals surface area contributed by atoms with Crippen molar-refractivity contribution in [2.45, 2.75) is 20.8 Å². The molecule has 0 radical (unpaired) electrons. The third-order valence-electron chi connectivity index (χ3n) is 6.08. The van der Waals surface area contributed by atoms with Gasteiger partial charge in [0.2, 0.25) is 0 Å². The third-order valence-corrected chi connectivity index (χ3v) is 8.46. The summed E-state index contributed by atoms with van der Waals surface area (Å²) in [4.78, 5) is 20.6. The Bertz CT molecular complexity index is 1150. The molecule has 0 heterocycles. The van der Waals surface area contributed by atoms with Crippen LogP contribution in [0.3, 0.4) is 0 Å². The van der Waals surface area contributed by atoms with Crippen molar-refractivity contribution in [1.82, 2.24) is 14.7 Å². The molecule has 0 fully saturated rings. The summed E-state index contributed by atoms with van der Waals surface area (Å²) >= 11 is 0. The van der Waals surface area contributed by atoms with Crippen molar-refractivity contribution >= 4 is 58.4 Å². The standard InChI is InChI=1S/C30H39N6P/c1-22(34(4)5)31-25-13-10-16-28(19-25)37(29-17-11-14-26(20-29)32-23(2)35(6)7)30-18-12-15-27(21-30)33-24(3)36(8)9/h10-21H,1-9H3/b31-22-,32-23-,33-24-. The van der Waals surface area contributed by atoms with Crippen LogP contribution in [-0.2, 0) is 0 Å². The predicted molar refractivity (Wildman–Crippen MR) is 165 cm³/mol. The molecule has 0 unspecified atom stereocenters. The number of rotatable bonds is 6. The number of amidine groups is 3. The molecule has 0 amide bonds. The third kappa shape index (κ3) is 7.74. The Hall–Kier alpha value is -3.50. The maximum absolute atomic E-state index is 4.84. The molecule has 0 bridgehead atoms. The summed E-state index contributed by atoms with van der Waals surface area (Å²) in [6.45, 7) is 6.08. The monoisotopic (exact) mass is 514 g/mol. The van der Waals surface area contributed by atoms with Gasteiger partial charge in [0.25, 0.3) is 0 Å². The second-order valence-electron chi connectivity index (χ2n) is 9.56. The van der Waals surface area contributed by atoms with Gasteiger partial charge in [-0.3, -0.25) is 0 Å². The van der Waals surface area contributed by atoms with Crippen molar-refractivity contribution in [2.75, 3.05) is 42.3 Å². The summed E-state index contributed by atoms with van der Waals surface area (Å²) in [6.07, 6.45) is 0. The molecule has 0 N–H and O–H groups in total. The molecule has 7 heteroatoms. The van der Waals surface area contributed by atoms with Crippen LogP contribution in [0.4, 0.5) is 17.1 Å². The van der Waals surface area contributed by atoms with Crippen LogP contribution in [0.2, 0.25) is 0 Å². The Morgan fingerprint density at radius 3 is 1.00 bits per heavy atom. The lowest BCUT2D eigenvalue weighted by Crippen LogP contribution is -2.21. The quantitative estimate of drug-likeness (QED) is 0.256. The molecule has 6 nitrogen and oxygen atoms in total. The van der Waals surface area contributed by atoms with Gasteiger partial charge in [-0.05, 0) is 81.0 Å². The van der Waals surface area contributed by atoms with E-state index in [1.54, 1.807) is 0 Å². The van der Waals surface area contributed by atoms with E-state index in [4.69, 9.17) is 15.0 Å². The molecule has 0 aliphatic rings. The van der Waals surface area contributed by atoms with E-state index in [0.717, 1.165) is 34.6 Å². The van der Waals surface area contributed by atoms with Crippen molar-refractivity contribution in [1.29, 1.82) is 0 Å². The molecule has 0 saturated heterocycles. The Kier molecular flexibility index (Phi) is 9.60. The molecule has 0 aliphatic carbocycles. The van der Waals surface area contributed by atoms with E-state index < -0.39 is 7.92 Å². The van der Waals surface area contributed by atoms with Gasteiger partial charge in [-0.1, -0.05) is 36.4 Å². The van der Waals surface area contributed by atoms with E-state index in [9.17, 15) is 0 Å². The lowest BCUT2D eigenvalue weighted by Gasteiger charge is -2.21. The summed E-state index contributed by atoms with van der Waals surface area (Å²) < 4.78 is 0. The molecule has 0 atom stereocenters. The molecular formula is C30H39N6P. The van der Waals surface area contributed by atoms with Crippen LogP contribution in [0.1, 0.15) is 20.8 Å². The molecule has 0 aliphatic heterocycles. The molecule has 3 aromatic carbocycles. The fourth-order valence-electron chi connectivity index (χ4n) is 3.41. The maximum atomic E-state index is 4.84. The molecule has 37 heavy (non-hydrogen) atoms. The first kappa shape index (κ1) is 28.1. The van der Waals surface area contributed by atoms with Crippen molar-refractivity contribution in [2.24, 2.45) is 15.0 Å². The fraction of sp³-hybridized carbons (Fsp3) is 0.300. The van der Waals surface area contributed by atoms with Gasteiger partial charge < -0.3 is 14.7 Å². The lowest BCUT2D eigenvalue weighted by atomic mass is 10.3.